The second-order valence-corrected chi connectivity index (χ2v) is 4.22. The van der Waals surface area contributed by atoms with Crippen LogP contribution in [0, 0.1) is 0 Å². The summed E-state index contributed by atoms with van der Waals surface area (Å²) in [7, 11) is -3.68. The van der Waals surface area contributed by atoms with Gasteiger partial charge in [-0.05, 0) is 12.1 Å². The van der Waals surface area contributed by atoms with Crippen molar-refractivity contribution in [3.63, 3.8) is 0 Å². The molecule has 0 unspecified atom stereocenters. The van der Waals surface area contributed by atoms with E-state index in [1.807, 2.05) is 6.07 Å². The zero-order valence-corrected chi connectivity index (χ0v) is 9.05. The molecular formula is C8H11N5O2S. The first kappa shape index (κ1) is 12.1. The van der Waals surface area contributed by atoms with Crippen molar-refractivity contribution < 1.29 is 8.42 Å². The van der Waals surface area contributed by atoms with Crippen LogP contribution in [0.4, 0.5) is 5.82 Å². The Morgan fingerprint density at radius 1 is 1.31 bits per heavy atom. The van der Waals surface area contributed by atoms with E-state index in [1.54, 1.807) is 12.3 Å². The average molecular weight is 241 g/mol. The molecular weight excluding hydrogens is 230 g/mol. The van der Waals surface area contributed by atoms with Gasteiger partial charge in [-0.2, -0.15) is 0 Å². The molecule has 7 nitrogen and oxygen atoms in total. The Morgan fingerprint density at radius 2 is 2.06 bits per heavy atom. The summed E-state index contributed by atoms with van der Waals surface area (Å²) in [6, 6.07) is 3.66. The van der Waals surface area contributed by atoms with E-state index < -0.39 is 10.0 Å². The lowest BCUT2D eigenvalue weighted by Gasteiger charge is -1.91. The number of primary sulfonamides is 1. The maximum Gasteiger partial charge on any atom is 0.257 e. The Hall–Kier alpha value is -1.93. The SMILES string of the molecule is NS(=O)(=O)c1cnccn1.Nc1ccc[nH]1. The number of aromatic amines is 1. The van der Waals surface area contributed by atoms with Crippen molar-refractivity contribution in [2.75, 3.05) is 5.73 Å². The number of hydrogen-bond acceptors (Lipinski definition) is 5. The van der Waals surface area contributed by atoms with Crippen molar-refractivity contribution in [3.05, 3.63) is 36.9 Å². The minimum atomic E-state index is -3.68. The molecule has 0 spiro atoms. The summed E-state index contributed by atoms with van der Waals surface area (Å²) in [6.07, 6.45) is 5.51. The molecule has 2 aromatic heterocycles. The molecule has 2 aromatic rings. The highest BCUT2D eigenvalue weighted by molar-refractivity contribution is 7.89. The number of sulfonamides is 1. The lowest BCUT2D eigenvalue weighted by Crippen LogP contribution is -2.13. The predicted octanol–water partition coefficient (Wildman–Crippen LogP) is -0.279. The van der Waals surface area contributed by atoms with E-state index in [9.17, 15) is 8.42 Å². The Kier molecular flexibility index (Phi) is 3.97. The third-order valence-electron chi connectivity index (χ3n) is 1.45. The van der Waals surface area contributed by atoms with Gasteiger partial charge < -0.3 is 10.7 Å². The van der Waals surface area contributed by atoms with Crippen molar-refractivity contribution >= 4 is 15.8 Å². The van der Waals surface area contributed by atoms with Gasteiger partial charge in [0.2, 0.25) is 0 Å². The molecule has 0 amide bonds. The summed E-state index contributed by atoms with van der Waals surface area (Å²) in [6.45, 7) is 0. The van der Waals surface area contributed by atoms with Gasteiger partial charge in [-0.3, -0.25) is 4.98 Å². The monoisotopic (exact) mass is 241 g/mol. The van der Waals surface area contributed by atoms with Crippen LogP contribution in [0.5, 0.6) is 0 Å². The van der Waals surface area contributed by atoms with Crippen LogP contribution in [0.25, 0.3) is 0 Å². The van der Waals surface area contributed by atoms with E-state index in [2.05, 4.69) is 15.0 Å². The largest absolute Gasteiger partial charge is 0.385 e. The van der Waals surface area contributed by atoms with Crippen LogP contribution in [-0.2, 0) is 10.0 Å². The van der Waals surface area contributed by atoms with E-state index in [-0.39, 0.29) is 5.03 Å². The summed E-state index contributed by atoms with van der Waals surface area (Å²) >= 11 is 0. The second-order valence-electron chi connectivity index (χ2n) is 2.71. The standard InChI is InChI=1S/C4H5N3O2S.C4H6N2/c5-10(8,9)4-3-6-1-2-7-4;5-4-2-1-3-6-4/h1-3H,(H2,5,8,9);1-3,6H,5H2. The molecule has 2 heterocycles. The fourth-order valence-corrected chi connectivity index (χ4v) is 1.19. The molecule has 0 aliphatic carbocycles. The Balaban J connectivity index is 0.000000181. The number of nitrogens with zero attached hydrogens (tertiary/aromatic N) is 2. The number of hydrogen-bond donors (Lipinski definition) is 3. The lowest BCUT2D eigenvalue weighted by molar-refractivity contribution is 0.593. The van der Waals surface area contributed by atoms with Crippen molar-refractivity contribution in [2.45, 2.75) is 5.03 Å². The van der Waals surface area contributed by atoms with Crippen LogP contribution in [0.2, 0.25) is 0 Å². The number of nitrogens with two attached hydrogens (primary N) is 2. The molecule has 86 valence electrons. The smallest absolute Gasteiger partial charge is 0.257 e. The molecule has 0 atom stereocenters. The zero-order chi connectivity index (χ0) is 12.0. The summed E-state index contributed by atoms with van der Waals surface area (Å²) in [5, 5.41) is 4.51. The summed E-state index contributed by atoms with van der Waals surface area (Å²) < 4.78 is 21.0. The molecule has 16 heavy (non-hydrogen) atoms. The van der Waals surface area contributed by atoms with Gasteiger partial charge in [-0.1, -0.05) is 0 Å². The second kappa shape index (κ2) is 5.24. The molecule has 0 aliphatic rings. The number of rotatable bonds is 1. The lowest BCUT2D eigenvalue weighted by atomic mass is 10.6. The van der Waals surface area contributed by atoms with E-state index in [4.69, 9.17) is 10.9 Å². The van der Waals surface area contributed by atoms with Gasteiger partial charge in [0, 0.05) is 18.6 Å². The van der Waals surface area contributed by atoms with E-state index >= 15 is 0 Å². The van der Waals surface area contributed by atoms with Gasteiger partial charge in [0.1, 0.15) is 5.82 Å². The van der Waals surface area contributed by atoms with Crippen LogP contribution in [0.15, 0.2) is 41.9 Å². The number of aromatic nitrogens is 3. The fraction of sp³-hybridized carbons (Fsp3) is 0. The van der Waals surface area contributed by atoms with Gasteiger partial charge in [0.15, 0.2) is 5.03 Å². The Labute approximate surface area is 92.6 Å². The minimum absolute atomic E-state index is 0.213. The first-order valence-electron chi connectivity index (χ1n) is 4.18. The molecule has 0 saturated carbocycles. The van der Waals surface area contributed by atoms with Gasteiger partial charge in [-0.25, -0.2) is 18.5 Å². The summed E-state index contributed by atoms with van der Waals surface area (Å²) in [4.78, 5) is 9.78. The van der Waals surface area contributed by atoms with Crippen molar-refractivity contribution in [3.8, 4) is 0 Å². The quantitative estimate of drug-likeness (QED) is 0.632. The van der Waals surface area contributed by atoms with Crippen LogP contribution in [0.3, 0.4) is 0 Å². The third-order valence-corrected chi connectivity index (χ3v) is 2.25. The van der Waals surface area contributed by atoms with Gasteiger partial charge in [-0.15, -0.1) is 0 Å². The summed E-state index contributed by atoms with van der Waals surface area (Å²) in [5.41, 5.74) is 5.22. The molecule has 0 radical (unpaired) electrons. The first-order chi connectivity index (χ1) is 7.50. The predicted molar refractivity (Wildman–Crippen MR) is 58.6 cm³/mol. The van der Waals surface area contributed by atoms with Gasteiger partial charge in [0.25, 0.3) is 10.0 Å². The zero-order valence-electron chi connectivity index (χ0n) is 8.24. The van der Waals surface area contributed by atoms with Gasteiger partial charge in [0.05, 0.1) is 6.20 Å². The molecule has 0 bridgehead atoms. The fourth-order valence-electron chi connectivity index (χ4n) is 0.777. The number of nitrogen functional groups attached to an aromatic ring is 1. The van der Waals surface area contributed by atoms with Crippen LogP contribution < -0.4 is 10.9 Å². The maximum atomic E-state index is 10.5. The van der Waals surface area contributed by atoms with Gasteiger partial charge >= 0.3 is 0 Å². The van der Waals surface area contributed by atoms with E-state index in [1.165, 1.54) is 12.4 Å². The first-order valence-corrected chi connectivity index (χ1v) is 5.72. The highest BCUT2D eigenvalue weighted by Gasteiger charge is 2.06. The molecule has 0 saturated heterocycles. The maximum absolute atomic E-state index is 10.5. The topological polar surface area (TPSA) is 128 Å². The highest BCUT2D eigenvalue weighted by Crippen LogP contribution is 1.95. The molecule has 0 fully saturated rings. The molecule has 5 N–H and O–H groups in total. The minimum Gasteiger partial charge on any atom is -0.385 e. The van der Waals surface area contributed by atoms with Crippen molar-refractivity contribution in [1.82, 2.24) is 15.0 Å². The Bertz CT molecular complexity index is 509. The number of anilines is 1. The van der Waals surface area contributed by atoms with Crippen LogP contribution in [-0.4, -0.2) is 23.4 Å². The summed E-state index contributed by atoms with van der Waals surface area (Å²) in [5.74, 6) is 0.718. The van der Waals surface area contributed by atoms with Crippen LogP contribution >= 0.6 is 0 Å². The number of nitrogens with one attached hydrogen (secondary N) is 1. The Morgan fingerprint density at radius 3 is 2.31 bits per heavy atom. The molecule has 8 heteroatoms. The molecule has 0 aliphatic heterocycles. The number of H-pyrrole nitrogens is 1. The third kappa shape index (κ3) is 4.07. The highest BCUT2D eigenvalue weighted by atomic mass is 32.2. The van der Waals surface area contributed by atoms with Crippen molar-refractivity contribution in [1.29, 1.82) is 0 Å². The average Bonchev–Trinajstić information content (AvgIpc) is 2.70. The van der Waals surface area contributed by atoms with Crippen molar-refractivity contribution in [2.24, 2.45) is 5.14 Å². The van der Waals surface area contributed by atoms with Crippen LogP contribution in [0.1, 0.15) is 0 Å². The van der Waals surface area contributed by atoms with E-state index in [0.717, 1.165) is 12.0 Å². The van der Waals surface area contributed by atoms with E-state index in [0.29, 0.717) is 0 Å². The normalized spacial score (nSPS) is 10.3. The molecule has 2 rings (SSSR count). The molecule has 0 aromatic carbocycles.